The van der Waals surface area contributed by atoms with E-state index in [1.165, 1.54) is 17.4 Å². The molecule has 3 aromatic rings. The number of carbonyl (C=O) groups excluding carboxylic acids is 1. The third-order valence-electron chi connectivity index (χ3n) is 7.73. The fourth-order valence-corrected chi connectivity index (χ4v) is 6.67. The fraction of sp³-hybridized carbons (Fsp3) is 0.464. The topological polar surface area (TPSA) is 82.7 Å². The van der Waals surface area contributed by atoms with Crippen LogP contribution in [-0.2, 0) is 12.8 Å². The molecule has 1 aliphatic carbocycles. The Morgan fingerprint density at radius 2 is 1.95 bits per heavy atom. The third-order valence-corrected chi connectivity index (χ3v) is 8.90. The van der Waals surface area contributed by atoms with Crippen LogP contribution in [0.4, 0.5) is 24.0 Å². The molecule has 3 heterocycles. The van der Waals surface area contributed by atoms with Gasteiger partial charge >= 0.3 is 6.18 Å². The molecule has 5 rings (SSSR count). The van der Waals surface area contributed by atoms with E-state index in [1.54, 1.807) is 0 Å². The summed E-state index contributed by atoms with van der Waals surface area (Å²) in [6, 6.07) is 8.48. The molecular formula is C28H30F3N5OS. The zero-order valence-electron chi connectivity index (χ0n) is 21.7. The minimum Gasteiger partial charge on any atom is -0.363 e. The number of nitriles is 1. The van der Waals surface area contributed by atoms with Crippen LogP contribution >= 0.6 is 11.3 Å². The van der Waals surface area contributed by atoms with Crippen LogP contribution in [0.5, 0.6) is 0 Å². The zero-order chi connectivity index (χ0) is 27.4. The van der Waals surface area contributed by atoms with Crippen molar-refractivity contribution < 1.29 is 18.0 Å². The molecule has 10 heteroatoms. The van der Waals surface area contributed by atoms with Gasteiger partial charge in [-0.25, -0.2) is 4.68 Å². The highest BCUT2D eigenvalue weighted by atomic mass is 32.1. The summed E-state index contributed by atoms with van der Waals surface area (Å²) in [6.45, 7) is 8.53. The van der Waals surface area contributed by atoms with Crippen molar-refractivity contribution in [1.82, 2.24) is 9.78 Å². The molecule has 6 nitrogen and oxygen atoms in total. The number of nitrogens with zero attached hydrogens (tertiary/aromatic N) is 3. The number of halogens is 3. The molecule has 3 atom stereocenters. The molecule has 2 aliphatic rings. The summed E-state index contributed by atoms with van der Waals surface area (Å²) in [5.41, 5.74) is 3.17. The highest BCUT2D eigenvalue weighted by Crippen LogP contribution is 2.45. The maximum absolute atomic E-state index is 14.1. The molecule has 38 heavy (non-hydrogen) atoms. The summed E-state index contributed by atoms with van der Waals surface area (Å²) in [7, 11) is 0. The van der Waals surface area contributed by atoms with Gasteiger partial charge in [0.25, 0.3) is 5.91 Å². The van der Waals surface area contributed by atoms with E-state index < -0.39 is 24.2 Å². The minimum absolute atomic E-state index is 0.130. The SMILES string of the molecule is Cc1ccc([C@H]2C[C@H](C(F)(F)F)n3nc(C(=O)Nc4sc5c(c4C#N)CC[C@@H](C(C)(C)C)C5)cc3N2)cc1. The second-order valence-electron chi connectivity index (χ2n) is 11.3. The molecule has 0 fully saturated rings. The molecule has 200 valence electrons. The number of fused-ring (bicyclic) bond motifs is 2. The molecule has 0 bridgehead atoms. The number of amides is 1. The predicted molar refractivity (Wildman–Crippen MR) is 141 cm³/mol. The standard InChI is InChI=1S/C28H30F3N5OS/c1-15-5-7-16(8-6-15)20-12-23(28(29,30)31)36-24(33-20)13-21(35-36)25(37)34-26-19(14-32)18-10-9-17(27(2,3)4)11-22(18)38-26/h5-8,13,17,20,23,33H,9-12H2,1-4H3,(H,34,37)/t17-,20-,23-/m1/s1. The van der Waals surface area contributed by atoms with Crippen molar-refractivity contribution >= 4 is 28.1 Å². The number of aromatic nitrogens is 2. The number of hydrogen-bond donors (Lipinski definition) is 2. The van der Waals surface area contributed by atoms with Crippen LogP contribution in [0, 0.1) is 29.6 Å². The second kappa shape index (κ2) is 9.45. The van der Waals surface area contributed by atoms with Crippen molar-refractivity contribution in [3.05, 3.63) is 63.2 Å². The van der Waals surface area contributed by atoms with Crippen LogP contribution < -0.4 is 10.6 Å². The van der Waals surface area contributed by atoms with Gasteiger partial charge in [-0.15, -0.1) is 11.3 Å². The van der Waals surface area contributed by atoms with E-state index >= 15 is 0 Å². The summed E-state index contributed by atoms with van der Waals surface area (Å²) >= 11 is 1.38. The lowest BCUT2D eigenvalue weighted by Crippen LogP contribution is -2.35. The van der Waals surface area contributed by atoms with Crippen molar-refractivity contribution in [3.8, 4) is 6.07 Å². The first-order valence-electron chi connectivity index (χ1n) is 12.7. The molecular weight excluding hydrogens is 511 g/mol. The molecule has 0 unspecified atom stereocenters. The Balaban J connectivity index is 1.42. The molecule has 2 N–H and O–H groups in total. The number of rotatable bonds is 3. The number of anilines is 2. The number of aryl methyl sites for hydroxylation is 1. The van der Waals surface area contributed by atoms with Gasteiger partial charge in [0.05, 0.1) is 11.6 Å². The van der Waals surface area contributed by atoms with Crippen LogP contribution in [0.2, 0.25) is 0 Å². The average Bonchev–Trinajstić information content (AvgIpc) is 3.43. The Bertz CT molecular complexity index is 1410. The summed E-state index contributed by atoms with van der Waals surface area (Å²) in [6.07, 6.45) is -2.21. The van der Waals surface area contributed by atoms with E-state index in [2.05, 4.69) is 42.6 Å². The van der Waals surface area contributed by atoms with Crippen molar-refractivity contribution in [2.75, 3.05) is 10.6 Å². The first-order chi connectivity index (χ1) is 17.8. The van der Waals surface area contributed by atoms with Gasteiger partial charge in [-0.1, -0.05) is 50.6 Å². The summed E-state index contributed by atoms with van der Waals surface area (Å²) in [5.74, 6) is -0.0345. The van der Waals surface area contributed by atoms with Gasteiger partial charge in [-0.3, -0.25) is 4.79 Å². The van der Waals surface area contributed by atoms with Crippen LogP contribution in [0.3, 0.4) is 0 Å². The summed E-state index contributed by atoms with van der Waals surface area (Å²) in [4.78, 5) is 14.3. The molecule has 0 radical (unpaired) electrons. The largest absolute Gasteiger partial charge is 0.410 e. The van der Waals surface area contributed by atoms with E-state index in [0.29, 0.717) is 16.5 Å². The predicted octanol–water partition coefficient (Wildman–Crippen LogP) is 7.19. The number of carbonyl (C=O) groups is 1. The van der Waals surface area contributed by atoms with Gasteiger partial charge in [0.15, 0.2) is 11.7 Å². The summed E-state index contributed by atoms with van der Waals surface area (Å²) < 4.78 is 43.0. The van der Waals surface area contributed by atoms with E-state index in [-0.39, 0.29) is 23.3 Å². The van der Waals surface area contributed by atoms with Crippen LogP contribution in [0.25, 0.3) is 0 Å². The first kappa shape index (κ1) is 26.3. The molecule has 1 aliphatic heterocycles. The first-order valence-corrected chi connectivity index (χ1v) is 13.5. The fourth-order valence-electron chi connectivity index (χ4n) is 5.40. The Labute approximate surface area is 223 Å². The number of benzene rings is 1. The van der Waals surface area contributed by atoms with Crippen LogP contribution in [0.1, 0.15) is 83.3 Å². The monoisotopic (exact) mass is 541 g/mol. The van der Waals surface area contributed by atoms with Gasteiger partial charge in [0.1, 0.15) is 16.9 Å². The maximum Gasteiger partial charge on any atom is 0.410 e. The van der Waals surface area contributed by atoms with Crippen molar-refractivity contribution in [3.63, 3.8) is 0 Å². The Morgan fingerprint density at radius 1 is 1.24 bits per heavy atom. The highest BCUT2D eigenvalue weighted by molar-refractivity contribution is 7.16. The van der Waals surface area contributed by atoms with Crippen LogP contribution in [-0.4, -0.2) is 21.9 Å². The lowest BCUT2D eigenvalue weighted by Gasteiger charge is -2.33. The third kappa shape index (κ3) is 4.92. The van der Waals surface area contributed by atoms with Gasteiger partial charge < -0.3 is 10.6 Å². The molecule has 0 saturated carbocycles. The normalized spacial score (nSPS) is 21.2. The highest BCUT2D eigenvalue weighted by Gasteiger charge is 2.47. The Morgan fingerprint density at radius 3 is 2.58 bits per heavy atom. The van der Waals surface area contributed by atoms with Gasteiger partial charge in [-0.2, -0.15) is 23.5 Å². The van der Waals surface area contributed by atoms with E-state index in [0.717, 1.165) is 45.5 Å². The average molecular weight is 542 g/mol. The molecule has 1 aromatic carbocycles. The quantitative estimate of drug-likeness (QED) is 0.368. The van der Waals surface area contributed by atoms with E-state index in [9.17, 15) is 23.2 Å². The second-order valence-corrected chi connectivity index (χ2v) is 12.4. The Kier molecular flexibility index (Phi) is 6.54. The van der Waals surface area contributed by atoms with E-state index in [1.807, 2.05) is 31.2 Å². The van der Waals surface area contributed by atoms with Gasteiger partial charge in [-0.05, 0) is 48.6 Å². The number of alkyl halides is 3. The Hall–Kier alpha value is -3.32. The molecule has 0 saturated heterocycles. The number of hydrogen-bond acceptors (Lipinski definition) is 5. The minimum atomic E-state index is -4.54. The smallest absolute Gasteiger partial charge is 0.363 e. The molecule has 1 amide bonds. The number of nitrogens with one attached hydrogen (secondary N) is 2. The van der Waals surface area contributed by atoms with Crippen molar-refractivity contribution in [1.29, 1.82) is 5.26 Å². The number of thiophene rings is 1. The zero-order valence-corrected chi connectivity index (χ0v) is 22.6. The summed E-state index contributed by atoms with van der Waals surface area (Å²) in [5, 5.41) is 20.2. The lowest BCUT2D eigenvalue weighted by atomic mass is 9.72. The maximum atomic E-state index is 14.1. The van der Waals surface area contributed by atoms with Crippen molar-refractivity contribution in [2.45, 2.75) is 71.6 Å². The van der Waals surface area contributed by atoms with Crippen LogP contribution in [0.15, 0.2) is 30.3 Å². The lowest BCUT2D eigenvalue weighted by molar-refractivity contribution is -0.173. The van der Waals surface area contributed by atoms with Gasteiger partial charge in [0.2, 0.25) is 0 Å². The molecule has 0 spiro atoms. The van der Waals surface area contributed by atoms with Crippen molar-refractivity contribution in [2.24, 2.45) is 11.3 Å². The van der Waals surface area contributed by atoms with Gasteiger partial charge in [0, 0.05) is 17.4 Å². The molecule has 2 aromatic heterocycles. The van der Waals surface area contributed by atoms with E-state index in [4.69, 9.17) is 0 Å².